The van der Waals surface area contributed by atoms with Crippen LogP contribution in [0.5, 0.6) is 0 Å². The topological polar surface area (TPSA) is 79.7 Å². The summed E-state index contributed by atoms with van der Waals surface area (Å²) < 4.78 is 1.77. The monoisotopic (exact) mass is 260 g/mol. The molecule has 100 valence electrons. The van der Waals surface area contributed by atoms with E-state index in [1.165, 1.54) is 6.20 Å². The lowest BCUT2D eigenvalue weighted by Gasteiger charge is -2.34. The van der Waals surface area contributed by atoms with Gasteiger partial charge in [0.2, 0.25) is 0 Å². The largest absolute Gasteiger partial charge is 0.329 e. The van der Waals surface area contributed by atoms with Crippen LogP contribution in [0.4, 0.5) is 0 Å². The normalized spacial score (nSPS) is 19.6. The molecule has 3 rings (SSSR count). The summed E-state index contributed by atoms with van der Waals surface area (Å²) in [5.41, 5.74) is 1.31. The highest BCUT2D eigenvalue weighted by atomic mass is 16.2. The van der Waals surface area contributed by atoms with Crippen molar-refractivity contribution in [1.82, 2.24) is 30.1 Å². The minimum Gasteiger partial charge on any atom is -0.329 e. The summed E-state index contributed by atoms with van der Waals surface area (Å²) in [7, 11) is 1.89. The van der Waals surface area contributed by atoms with E-state index in [2.05, 4.69) is 20.5 Å². The molecule has 7 heteroatoms. The maximum absolute atomic E-state index is 12.4. The molecule has 0 bridgehead atoms. The summed E-state index contributed by atoms with van der Waals surface area (Å²) in [5.74, 6) is -0.0795. The minimum absolute atomic E-state index is 0.0409. The average Bonchev–Trinajstić information content (AvgIpc) is 3.09. The number of carbonyl (C=O) groups excluding carboxylic acids is 1. The Labute approximate surface area is 110 Å². The van der Waals surface area contributed by atoms with E-state index in [9.17, 15) is 4.79 Å². The van der Waals surface area contributed by atoms with Gasteiger partial charge in [0.25, 0.3) is 5.91 Å². The number of rotatable bonds is 2. The summed E-state index contributed by atoms with van der Waals surface area (Å²) in [6.07, 6.45) is 6.45. The molecule has 7 nitrogen and oxygen atoms in total. The van der Waals surface area contributed by atoms with E-state index in [0.717, 1.165) is 31.5 Å². The molecule has 1 N–H and O–H groups in total. The summed E-state index contributed by atoms with van der Waals surface area (Å²) in [5, 5.41) is 14.5. The van der Waals surface area contributed by atoms with E-state index in [1.807, 2.05) is 24.2 Å². The quantitative estimate of drug-likeness (QED) is 0.870. The number of nitrogens with zero attached hydrogens (tertiary/aromatic N) is 5. The molecular weight excluding hydrogens is 244 g/mol. The Hall–Kier alpha value is -2.18. The predicted octanol–water partition coefficient (Wildman–Crippen LogP) is 0.906. The number of aromatic amines is 1. The van der Waals surface area contributed by atoms with Crippen LogP contribution in [-0.2, 0) is 7.05 Å². The van der Waals surface area contributed by atoms with Crippen LogP contribution in [0.1, 0.15) is 41.5 Å². The van der Waals surface area contributed by atoms with E-state index in [1.54, 1.807) is 4.68 Å². The molecule has 19 heavy (non-hydrogen) atoms. The Morgan fingerprint density at radius 1 is 1.47 bits per heavy atom. The molecule has 0 saturated carbocycles. The number of nitrogens with one attached hydrogen (secondary N) is 1. The number of piperidine rings is 1. The summed E-state index contributed by atoms with van der Waals surface area (Å²) in [4.78, 5) is 14.3. The van der Waals surface area contributed by atoms with Crippen LogP contribution < -0.4 is 0 Å². The number of H-pyrrole nitrogens is 1. The van der Waals surface area contributed by atoms with Gasteiger partial charge in [-0.15, -0.1) is 0 Å². The molecule has 1 saturated heterocycles. The maximum Gasteiger partial charge on any atom is 0.276 e. The lowest BCUT2D eigenvalue weighted by Crippen LogP contribution is -2.39. The minimum atomic E-state index is -0.0795. The Balaban J connectivity index is 1.87. The first-order chi connectivity index (χ1) is 9.25. The van der Waals surface area contributed by atoms with Gasteiger partial charge in [0.1, 0.15) is 0 Å². The third-order valence-corrected chi connectivity index (χ3v) is 3.47. The first-order valence-electron chi connectivity index (χ1n) is 6.42. The molecule has 1 aliphatic rings. The van der Waals surface area contributed by atoms with Gasteiger partial charge >= 0.3 is 0 Å². The molecule has 0 unspecified atom stereocenters. The maximum atomic E-state index is 12.4. The van der Waals surface area contributed by atoms with Gasteiger partial charge in [0, 0.05) is 19.8 Å². The molecule has 1 aliphatic heterocycles. The number of likely N-dealkylation sites (tertiary alicyclic amines) is 1. The second kappa shape index (κ2) is 4.83. The van der Waals surface area contributed by atoms with E-state index in [-0.39, 0.29) is 11.9 Å². The van der Waals surface area contributed by atoms with Gasteiger partial charge in [-0.2, -0.15) is 20.5 Å². The Morgan fingerprint density at radius 2 is 2.37 bits per heavy atom. The lowest BCUT2D eigenvalue weighted by atomic mass is 9.99. The van der Waals surface area contributed by atoms with Crippen LogP contribution >= 0.6 is 0 Å². The average molecular weight is 260 g/mol. The third-order valence-electron chi connectivity index (χ3n) is 3.47. The van der Waals surface area contributed by atoms with Crippen molar-refractivity contribution in [2.45, 2.75) is 25.3 Å². The SMILES string of the molecule is Cn1ccc([C@@H]2CCCCN2C(=O)c2cn[nH]n2)n1. The van der Waals surface area contributed by atoms with Crippen LogP contribution in [-0.4, -0.2) is 42.5 Å². The van der Waals surface area contributed by atoms with Crippen molar-refractivity contribution < 1.29 is 4.79 Å². The number of aryl methyl sites for hydroxylation is 1. The van der Waals surface area contributed by atoms with Crippen molar-refractivity contribution in [2.75, 3.05) is 6.54 Å². The first kappa shape index (κ1) is 11.9. The highest BCUT2D eigenvalue weighted by Crippen LogP contribution is 2.30. The van der Waals surface area contributed by atoms with Gasteiger partial charge in [0.05, 0.1) is 17.9 Å². The highest BCUT2D eigenvalue weighted by molar-refractivity contribution is 5.92. The number of carbonyl (C=O) groups is 1. The van der Waals surface area contributed by atoms with Gasteiger partial charge in [-0.05, 0) is 25.3 Å². The van der Waals surface area contributed by atoms with E-state index < -0.39 is 0 Å². The Kier molecular flexibility index (Phi) is 3.02. The Morgan fingerprint density at radius 3 is 3.05 bits per heavy atom. The van der Waals surface area contributed by atoms with Crippen molar-refractivity contribution in [3.63, 3.8) is 0 Å². The molecule has 1 fully saturated rings. The molecule has 1 atom stereocenters. The van der Waals surface area contributed by atoms with Gasteiger partial charge in [-0.25, -0.2) is 0 Å². The van der Waals surface area contributed by atoms with Crippen LogP contribution in [0.3, 0.4) is 0 Å². The van der Waals surface area contributed by atoms with Gasteiger partial charge in [-0.3, -0.25) is 9.48 Å². The number of hydrogen-bond acceptors (Lipinski definition) is 4. The summed E-state index contributed by atoms with van der Waals surface area (Å²) >= 11 is 0. The molecule has 3 heterocycles. The zero-order valence-electron chi connectivity index (χ0n) is 10.8. The van der Waals surface area contributed by atoms with Gasteiger partial charge in [0.15, 0.2) is 5.69 Å². The lowest BCUT2D eigenvalue weighted by molar-refractivity contribution is 0.0599. The van der Waals surface area contributed by atoms with Crippen LogP contribution in [0.2, 0.25) is 0 Å². The zero-order chi connectivity index (χ0) is 13.2. The number of aromatic nitrogens is 5. The first-order valence-corrected chi connectivity index (χ1v) is 6.42. The van der Waals surface area contributed by atoms with Crippen LogP contribution in [0, 0.1) is 0 Å². The van der Waals surface area contributed by atoms with Gasteiger partial charge in [-0.1, -0.05) is 0 Å². The van der Waals surface area contributed by atoms with Gasteiger partial charge < -0.3 is 4.90 Å². The smallest absolute Gasteiger partial charge is 0.276 e. The van der Waals surface area contributed by atoms with E-state index in [4.69, 9.17) is 0 Å². The van der Waals surface area contributed by atoms with Crippen molar-refractivity contribution in [2.24, 2.45) is 7.05 Å². The van der Waals surface area contributed by atoms with Crippen LogP contribution in [0.15, 0.2) is 18.5 Å². The number of hydrogen-bond donors (Lipinski definition) is 1. The third kappa shape index (κ3) is 2.23. The highest BCUT2D eigenvalue weighted by Gasteiger charge is 2.31. The summed E-state index contributed by atoms with van der Waals surface area (Å²) in [6.45, 7) is 0.743. The second-order valence-electron chi connectivity index (χ2n) is 4.78. The molecule has 0 spiro atoms. The second-order valence-corrected chi connectivity index (χ2v) is 4.78. The van der Waals surface area contributed by atoms with Crippen molar-refractivity contribution >= 4 is 5.91 Å². The standard InChI is InChI=1S/C12H16N6O/c1-17-7-5-9(15-17)11-4-2-3-6-18(11)12(19)10-8-13-16-14-10/h5,7-8,11H,2-4,6H2,1H3,(H,13,14,16)/t11-/m0/s1. The molecule has 0 radical (unpaired) electrons. The molecule has 1 amide bonds. The molecule has 0 aliphatic carbocycles. The molecule has 0 aromatic carbocycles. The van der Waals surface area contributed by atoms with Crippen molar-refractivity contribution in [3.8, 4) is 0 Å². The van der Waals surface area contributed by atoms with Crippen molar-refractivity contribution in [1.29, 1.82) is 0 Å². The molecule has 2 aromatic heterocycles. The fraction of sp³-hybridized carbons (Fsp3) is 0.500. The predicted molar refractivity (Wildman–Crippen MR) is 67.2 cm³/mol. The van der Waals surface area contributed by atoms with E-state index >= 15 is 0 Å². The summed E-state index contributed by atoms with van der Waals surface area (Å²) in [6, 6.07) is 2.01. The number of amides is 1. The van der Waals surface area contributed by atoms with E-state index in [0.29, 0.717) is 5.69 Å². The zero-order valence-corrected chi connectivity index (χ0v) is 10.8. The molecule has 2 aromatic rings. The molecular formula is C12H16N6O. The fourth-order valence-electron chi connectivity index (χ4n) is 2.54. The van der Waals surface area contributed by atoms with Crippen LogP contribution in [0.25, 0.3) is 0 Å². The van der Waals surface area contributed by atoms with Crippen molar-refractivity contribution in [3.05, 3.63) is 29.8 Å². The fourth-order valence-corrected chi connectivity index (χ4v) is 2.54. The Bertz CT molecular complexity index is 561.